The van der Waals surface area contributed by atoms with Gasteiger partial charge in [0.25, 0.3) is 0 Å². The first kappa shape index (κ1) is 26.7. The first-order valence-electron chi connectivity index (χ1n) is 11.6. The number of sulfonamides is 1. The fourth-order valence-corrected chi connectivity index (χ4v) is 4.63. The standard InChI is InChI=1S/C25H33FN2O6S/c1-6-7-14-27-23-21(22(29)16-8-10-17(26)11-9-16)19-15-18(12-13-20(19)33-23)28(35(5,31)32)24(30)34-25(2,3)4/h8,10-13,15-16,22,27,29H,6-7,9,14H2,1-5H3. The second-order valence-electron chi connectivity index (χ2n) is 9.61. The summed E-state index contributed by atoms with van der Waals surface area (Å²) in [5, 5.41) is 14.9. The van der Waals surface area contributed by atoms with Gasteiger partial charge in [0.15, 0.2) is 5.88 Å². The van der Waals surface area contributed by atoms with E-state index < -0.39 is 33.7 Å². The quantitative estimate of drug-likeness (QED) is 0.433. The minimum atomic E-state index is -4.04. The number of carbonyl (C=O) groups is 1. The average Bonchev–Trinajstić information content (AvgIpc) is 3.09. The van der Waals surface area contributed by atoms with E-state index in [9.17, 15) is 22.7 Å². The summed E-state index contributed by atoms with van der Waals surface area (Å²) in [4.78, 5) is 12.8. The molecule has 8 nitrogen and oxygen atoms in total. The molecule has 192 valence electrons. The fraction of sp³-hybridized carbons (Fsp3) is 0.480. The molecule has 0 saturated heterocycles. The highest BCUT2D eigenvalue weighted by Crippen LogP contribution is 2.42. The Morgan fingerprint density at radius 1 is 1.37 bits per heavy atom. The monoisotopic (exact) mass is 508 g/mol. The number of aliphatic hydroxyl groups is 1. The Labute approximate surface area is 205 Å². The zero-order valence-electron chi connectivity index (χ0n) is 20.7. The number of aliphatic hydroxyl groups excluding tert-OH is 1. The molecule has 1 aromatic heterocycles. The second-order valence-corrected chi connectivity index (χ2v) is 11.4. The number of allylic oxidation sites excluding steroid dienone is 3. The minimum absolute atomic E-state index is 0.0498. The predicted molar refractivity (Wildman–Crippen MR) is 135 cm³/mol. The van der Waals surface area contributed by atoms with Gasteiger partial charge in [-0.1, -0.05) is 19.4 Å². The van der Waals surface area contributed by atoms with Crippen LogP contribution in [0.1, 0.15) is 58.6 Å². The molecule has 1 heterocycles. The van der Waals surface area contributed by atoms with Crippen LogP contribution < -0.4 is 9.62 Å². The number of unbranched alkanes of at least 4 members (excludes halogenated alkanes) is 1. The maximum atomic E-state index is 13.5. The normalized spacial score (nSPS) is 17.2. The smallest absolute Gasteiger partial charge is 0.428 e. The number of nitrogens with zero attached hydrogens (tertiary/aromatic N) is 1. The molecule has 10 heteroatoms. The molecule has 0 spiro atoms. The van der Waals surface area contributed by atoms with Crippen LogP contribution in [0.3, 0.4) is 0 Å². The summed E-state index contributed by atoms with van der Waals surface area (Å²) < 4.78 is 50.5. The molecule has 1 aliphatic carbocycles. The summed E-state index contributed by atoms with van der Waals surface area (Å²) in [5.74, 6) is -0.428. The van der Waals surface area contributed by atoms with Gasteiger partial charge in [0.2, 0.25) is 10.0 Å². The summed E-state index contributed by atoms with van der Waals surface area (Å²) in [6.45, 7) is 7.57. The Morgan fingerprint density at radius 3 is 2.66 bits per heavy atom. The van der Waals surface area contributed by atoms with Gasteiger partial charge in [-0.15, -0.1) is 0 Å². The van der Waals surface area contributed by atoms with Crippen LogP contribution in [0, 0.1) is 5.92 Å². The van der Waals surface area contributed by atoms with Crippen molar-refractivity contribution in [2.75, 3.05) is 22.4 Å². The SMILES string of the molecule is CCCCNc1oc2ccc(N(C(=O)OC(C)(C)C)S(C)(=O)=O)cc2c1C(O)C1C=CC(F)=CC1. The number of halogens is 1. The average molecular weight is 509 g/mol. The van der Waals surface area contributed by atoms with Crippen LogP contribution in [0.2, 0.25) is 0 Å². The van der Waals surface area contributed by atoms with E-state index in [0.717, 1.165) is 19.1 Å². The number of nitrogens with one attached hydrogen (secondary N) is 1. The van der Waals surface area contributed by atoms with Gasteiger partial charge >= 0.3 is 6.09 Å². The topological polar surface area (TPSA) is 109 Å². The molecule has 0 bridgehead atoms. The second kappa shape index (κ2) is 10.4. The lowest BCUT2D eigenvalue weighted by Crippen LogP contribution is -2.40. The summed E-state index contributed by atoms with van der Waals surface area (Å²) >= 11 is 0. The third-order valence-electron chi connectivity index (χ3n) is 5.44. The van der Waals surface area contributed by atoms with Gasteiger partial charge in [-0.25, -0.2) is 17.6 Å². The summed E-state index contributed by atoms with van der Waals surface area (Å²) in [6, 6.07) is 4.47. The number of hydrogen-bond acceptors (Lipinski definition) is 7. The van der Waals surface area contributed by atoms with Gasteiger partial charge < -0.3 is 19.6 Å². The van der Waals surface area contributed by atoms with Crippen molar-refractivity contribution in [2.45, 2.75) is 58.7 Å². The molecule has 0 fully saturated rings. The molecule has 1 aliphatic rings. The highest BCUT2D eigenvalue weighted by atomic mass is 32.2. The zero-order chi connectivity index (χ0) is 26.0. The van der Waals surface area contributed by atoms with Crippen LogP contribution in [-0.2, 0) is 14.8 Å². The largest absolute Gasteiger partial charge is 0.443 e. The van der Waals surface area contributed by atoms with Crippen LogP contribution in [0.15, 0.2) is 46.7 Å². The third kappa shape index (κ3) is 6.43. The van der Waals surface area contributed by atoms with Gasteiger partial charge in [-0.3, -0.25) is 0 Å². The summed E-state index contributed by atoms with van der Waals surface area (Å²) in [5.41, 5.74) is -0.0382. The zero-order valence-corrected chi connectivity index (χ0v) is 21.5. The van der Waals surface area contributed by atoms with Crippen molar-refractivity contribution in [1.29, 1.82) is 0 Å². The number of furan rings is 1. The number of fused-ring (bicyclic) bond motifs is 1. The van der Waals surface area contributed by atoms with Gasteiger partial charge in [-0.05, 0) is 64.0 Å². The van der Waals surface area contributed by atoms with E-state index in [1.807, 2.05) is 6.92 Å². The molecular weight excluding hydrogens is 475 g/mol. The summed E-state index contributed by atoms with van der Waals surface area (Å²) in [6.07, 6.45) is 5.23. The Kier molecular flexibility index (Phi) is 7.96. The van der Waals surface area contributed by atoms with Gasteiger partial charge in [0, 0.05) is 17.8 Å². The van der Waals surface area contributed by atoms with E-state index in [2.05, 4.69) is 5.32 Å². The number of hydrogen-bond donors (Lipinski definition) is 2. The molecule has 0 radical (unpaired) electrons. The lowest BCUT2D eigenvalue weighted by molar-refractivity contribution is 0.0609. The van der Waals surface area contributed by atoms with Crippen molar-refractivity contribution < 1.29 is 31.9 Å². The molecule has 1 aromatic carbocycles. The number of anilines is 2. The predicted octanol–water partition coefficient (Wildman–Crippen LogP) is 5.81. The first-order chi connectivity index (χ1) is 16.3. The van der Waals surface area contributed by atoms with E-state index in [1.165, 1.54) is 24.3 Å². The van der Waals surface area contributed by atoms with E-state index in [-0.39, 0.29) is 17.9 Å². The van der Waals surface area contributed by atoms with Crippen molar-refractivity contribution in [3.8, 4) is 0 Å². The number of ether oxygens (including phenoxy) is 1. The van der Waals surface area contributed by atoms with Crippen molar-refractivity contribution >= 4 is 38.7 Å². The first-order valence-corrected chi connectivity index (χ1v) is 13.4. The maximum absolute atomic E-state index is 13.5. The van der Waals surface area contributed by atoms with E-state index in [1.54, 1.807) is 32.9 Å². The molecule has 0 aliphatic heterocycles. The minimum Gasteiger partial charge on any atom is -0.443 e. The Hall–Kier alpha value is -2.85. The van der Waals surface area contributed by atoms with Crippen LogP contribution in [0.5, 0.6) is 0 Å². The van der Waals surface area contributed by atoms with Crippen molar-refractivity contribution in [1.82, 2.24) is 0 Å². The highest BCUT2D eigenvalue weighted by molar-refractivity contribution is 7.92. The van der Waals surface area contributed by atoms with Crippen LogP contribution in [0.4, 0.5) is 20.8 Å². The molecule has 1 amide bonds. The Morgan fingerprint density at radius 2 is 2.09 bits per heavy atom. The lowest BCUT2D eigenvalue weighted by atomic mass is 9.89. The molecule has 0 saturated carbocycles. The van der Waals surface area contributed by atoms with Crippen molar-refractivity contribution in [2.24, 2.45) is 5.92 Å². The van der Waals surface area contributed by atoms with Crippen molar-refractivity contribution in [3.05, 3.63) is 47.8 Å². The lowest BCUT2D eigenvalue weighted by Gasteiger charge is -2.26. The Bertz CT molecular complexity index is 1240. The van der Waals surface area contributed by atoms with Crippen LogP contribution in [-0.4, -0.2) is 38.0 Å². The number of amides is 1. The van der Waals surface area contributed by atoms with Crippen LogP contribution >= 0.6 is 0 Å². The highest BCUT2D eigenvalue weighted by Gasteiger charge is 2.33. The van der Waals surface area contributed by atoms with E-state index in [0.29, 0.717) is 33.3 Å². The van der Waals surface area contributed by atoms with Crippen LogP contribution in [0.25, 0.3) is 11.0 Å². The number of rotatable bonds is 8. The summed E-state index contributed by atoms with van der Waals surface area (Å²) in [7, 11) is -4.04. The third-order valence-corrected chi connectivity index (χ3v) is 6.46. The number of carbonyl (C=O) groups excluding carboxylic acids is 1. The molecule has 2 aromatic rings. The van der Waals surface area contributed by atoms with Gasteiger partial charge in [0.05, 0.1) is 23.6 Å². The van der Waals surface area contributed by atoms with E-state index in [4.69, 9.17) is 9.15 Å². The molecule has 35 heavy (non-hydrogen) atoms. The Balaban J connectivity index is 2.12. The van der Waals surface area contributed by atoms with Gasteiger partial charge in [-0.2, -0.15) is 4.31 Å². The molecule has 2 unspecified atom stereocenters. The van der Waals surface area contributed by atoms with Crippen molar-refractivity contribution in [3.63, 3.8) is 0 Å². The maximum Gasteiger partial charge on any atom is 0.428 e. The van der Waals surface area contributed by atoms with E-state index >= 15 is 0 Å². The molecular formula is C25H33FN2O6S. The fourth-order valence-electron chi connectivity index (χ4n) is 3.83. The van der Waals surface area contributed by atoms with Gasteiger partial charge in [0.1, 0.15) is 17.0 Å². The number of benzene rings is 1. The molecule has 2 N–H and O–H groups in total. The molecule has 2 atom stereocenters. The molecule has 3 rings (SSSR count).